The predicted molar refractivity (Wildman–Crippen MR) is 70.5 cm³/mol. The maximum Gasteiger partial charge on any atom is 0.242 e. The lowest BCUT2D eigenvalue weighted by Gasteiger charge is -2.41. The Morgan fingerprint density at radius 3 is 2.50 bits per heavy atom. The molecular weight excluding hydrogens is 230 g/mol. The van der Waals surface area contributed by atoms with Crippen LogP contribution in [0.3, 0.4) is 0 Å². The number of nitrogens with one attached hydrogen (secondary N) is 1. The van der Waals surface area contributed by atoms with Gasteiger partial charge < -0.3 is 15.0 Å². The van der Waals surface area contributed by atoms with E-state index in [1.54, 1.807) is 7.11 Å². The predicted octanol–water partition coefficient (Wildman–Crippen LogP) is -0.0825. The monoisotopic (exact) mass is 255 g/mol. The summed E-state index contributed by atoms with van der Waals surface area (Å²) in [5.74, 6) is 0.240. The van der Waals surface area contributed by atoms with Crippen molar-refractivity contribution in [3.8, 4) is 0 Å². The quantitative estimate of drug-likeness (QED) is 0.766. The molecule has 5 nitrogen and oxygen atoms in total. The molecule has 0 radical (unpaired) electrons. The van der Waals surface area contributed by atoms with Gasteiger partial charge in [-0.25, -0.2) is 0 Å². The van der Waals surface area contributed by atoms with E-state index in [0.717, 1.165) is 45.7 Å². The van der Waals surface area contributed by atoms with Gasteiger partial charge in [-0.3, -0.25) is 9.69 Å². The van der Waals surface area contributed by atoms with Crippen LogP contribution in [0.1, 0.15) is 20.3 Å². The van der Waals surface area contributed by atoms with Crippen LogP contribution in [0.4, 0.5) is 0 Å². The first kappa shape index (κ1) is 13.8. The van der Waals surface area contributed by atoms with Gasteiger partial charge in [0.1, 0.15) is 0 Å². The highest BCUT2D eigenvalue weighted by Crippen LogP contribution is 2.22. The average molecular weight is 255 g/mol. The molecule has 0 aromatic heterocycles. The fourth-order valence-corrected chi connectivity index (χ4v) is 2.85. The Hall–Kier alpha value is -0.650. The van der Waals surface area contributed by atoms with Gasteiger partial charge in [0.2, 0.25) is 5.91 Å². The average Bonchev–Trinajstić information content (AvgIpc) is 2.87. The zero-order valence-corrected chi connectivity index (χ0v) is 11.7. The highest BCUT2D eigenvalue weighted by Gasteiger charge is 2.40. The van der Waals surface area contributed by atoms with Crippen molar-refractivity contribution in [2.24, 2.45) is 0 Å². The summed E-state index contributed by atoms with van der Waals surface area (Å²) in [7, 11) is 1.72. The van der Waals surface area contributed by atoms with Crippen molar-refractivity contribution in [1.29, 1.82) is 0 Å². The van der Waals surface area contributed by atoms with Gasteiger partial charge in [-0.2, -0.15) is 0 Å². The second kappa shape index (κ2) is 5.55. The zero-order chi connectivity index (χ0) is 13.2. The van der Waals surface area contributed by atoms with E-state index in [4.69, 9.17) is 4.74 Å². The van der Waals surface area contributed by atoms with Gasteiger partial charge in [0.25, 0.3) is 0 Å². The highest BCUT2D eigenvalue weighted by molar-refractivity contribution is 5.85. The number of piperazine rings is 1. The molecule has 2 fully saturated rings. The van der Waals surface area contributed by atoms with Crippen LogP contribution in [0, 0.1) is 0 Å². The van der Waals surface area contributed by atoms with Gasteiger partial charge in [0, 0.05) is 46.4 Å². The van der Waals surface area contributed by atoms with Crippen LogP contribution in [0.25, 0.3) is 0 Å². The number of hydrogen-bond acceptors (Lipinski definition) is 4. The fraction of sp³-hybridized carbons (Fsp3) is 0.923. The van der Waals surface area contributed by atoms with Crippen LogP contribution < -0.4 is 5.32 Å². The van der Waals surface area contributed by atoms with E-state index < -0.39 is 5.54 Å². The molecule has 0 aliphatic carbocycles. The molecule has 2 aliphatic rings. The molecule has 0 aromatic rings. The molecule has 2 saturated heterocycles. The lowest BCUT2D eigenvalue weighted by molar-refractivity contribution is -0.142. The molecule has 0 aromatic carbocycles. The molecule has 5 heteroatoms. The molecule has 0 saturated carbocycles. The van der Waals surface area contributed by atoms with Crippen LogP contribution in [0.5, 0.6) is 0 Å². The van der Waals surface area contributed by atoms with Crippen molar-refractivity contribution in [2.45, 2.75) is 31.9 Å². The van der Waals surface area contributed by atoms with Crippen molar-refractivity contribution in [2.75, 3.05) is 46.4 Å². The lowest BCUT2D eigenvalue weighted by Crippen LogP contribution is -2.60. The highest BCUT2D eigenvalue weighted by atomic mass is 16.5. The van der Waals surface area contributed by atoms with Crippen molar-refractivity contribution in [3.05, 3.63) is 0 Å². The topological polar surface area (TPSA) is 44.8 Å². The summed E-state index contributed by atoms with van der Waals surface area (Å²) >= 11 is 0. The zero-order valence-electron chi connectivity index (χ0n) is 11.7. The second-order valence-corrected chi connectivity index (χ2v) is 5.69. The SMILES string of the molecule is COC1CCN(C(=O)C(C)(C)N2CCNCC2)C1. The van der Waals surface area contributed by atoms with Crippen molar-refractivity contribution in [3.63, 3.8) is 0 Å². The normalized spacial score (nSPS) is 26.6. The van der Waals surface area contributed by atoms with E-state index in [2.05, 4.69) is 10.2 Å². The van der Waals surface area contributed by atoms with E-state index in [-0.39, 0.29) is 12.0 Å². The molecule has 1 unspecified atom stereocenters. The molecule has 1 N–H and O–H groups in total. The Labute approximate surface area is 109 Å². The van der Waals surface area contributed by atoms with E-state index in [1.807, 2.05) is 18.7 Å². The molecule has 2 aliphatic heterocycles. The first-order valence-corrected chi connectivity index (χ1v) is 6.83. The Morgan fingerprint density at radius 2 is 1.94 bits per heavy atom. The van der Waals surface area contributed by atoms with E-state index in [1.165, 1.54) is 0 Å². The molecule has 18 heavy (non-hydrogen) atoms. The smallest absolute Gasteiger partial charge is 0.242 e. The minimum Gasteiger partial charge on any atom is -0.380 e. The maximum atomic E-state index is 12.6. The molecule has 0 bridgehead atoms. The molecule has 104 valence electrons. The van der Waals surface area contributed by atoms with Gasteiger partial charge in [0.15, 0.2) is 0 Å². The summed E-state index contributed by atoms with van der Waals surface area (Å²) in [4.78, 5) is 16.9. The fourth-order valence-electron chi connectivity index (χ4n) is 2.85. The van der Waals surface area contributed by atoms with E-state index >= 15 is 0 Å². The second-order valence-electron chi connectivity index (χ2n) is 5.69. The summed E-state index contributed by atoms with van der Waals surface area (Å²) in [5.41, 5.74) is -0.398. The summed E-state index contributed by atoms with van der Waals surface area (Å²) in [5, 5.41) is 3.32. The van der Waals surface area contributed by atoms with E-state index in [9.17, 15) is 4.79 Å². The Balaban J connectivity index is 1.98. The van der Waals surface area contributed by atoms with Crippen LogP contribution >= 0.6 is 0 Å². The Bertz CT molecular complexity index is 301. The van der Waals surface area contributed by atoms with Crippen LogP contribution in [0.15, 0.2) is 0 Å². The molecule has 1 amide bonds. The molecule has 2 rings (SSSR count). The van der Waals surface area contributed by atoms with Crippen LogP contribution in [-0.2, 0) is 9.53 Å². The van der Waals surface area contributed by atoms with Gasteiger partial charge in [-0.05, 0) is 20.3 Å². The number of ether oxygens (including phenoxy) is 1. The third kappa shape index (κ3) is 2.68. The van der Waals surface area contributed by atoms with Gasteiger partial charge in [-0.15, -0.1) is 0 Å². The molecule has 0 spiro atoms. The third-order valence-electron chi connectivity index (χ3n) is 4.20. The lowest BCUT2D eigenvalue weighted by atomic mass is 9.99. The van der Waals surface area contributed by atoms with Crippen molar-refractivity contribution < 1.29 is 9.53 Å². The number of amides is 1. The number of carbonyl (C=O) groups excluding carboxylic acids is 1. The first-order valence-electron chi connectivity index (χ1n) is 6.83. The minimum atomic E-state index is -0.398. The largest absolute Gasteiger partial charge is 0.380 e. The van der Waals surface area contributed by atoms with Gasteiger partial charge >= 0.3 is 0 Å². The molecule has 1 atom stereocenters. The Kier molecular flexibility index (Phi) is 4.25. The first-order chi connectivity index (χ1) is 8.55. The third-order valence-corrected chi connectivity index (χ3v) is 4.20. The summed E-state index contributed by atoms with van der Waals surface area (Å²) in [6, 6.07) is 0. The van der Waals surface area contributed by atoms with Gasteiger partial charge in [0.05, 0.1) is 11.6 Å². The van der Waals surface area contributed by atoms with Crippen molar-refractivity contribution >= 4 is 5.91 Å². The van der Waals surface area contributed by atoms with Crippen molar-refractivity contribution in [1.82, 2.24) is 15.1 Å². The van der Waals surface area contributed by atoms with Gasteiger partial charge in [-0.1, -0.05) is 0 Å². The van der Waals surface area contributed by atoms with Crippen LogP contribution in [-0.4, -0.2) is 73.7 Å². The molecular formula is C13H25N3O2. The number of hydrogen-bond donors (Lipinski definition) is 1. The number of rotatable bonds is 3. The summed E-state index contributed by atoms with van der Waals surface area (Å²) < 4.78 is 5.33. The minimum absolute atomic E-state index is 0.216. The maximum absolute atomic E-state index is 12.6. The number of nitrogens with zero attached hydrogens (tertiary/aromatic N) is 2. The summed E-state index contributed by atoms with van der Waals surface area (Å²) in [6.45, 7) is 9.48. The Morgan fingerprint density at radius 1 is 1.28 bits per heavy atom. The standard InChI is InChI=1S/C13H25N3O2/c1-13(2,16-8-5-14-6-9-16)12(17)15-7-4-11(10-15)18-3/h11,14H,4-10H2,1-3H3. The summed E-state index contributed by atoms with van der Waals surface area (Å²) in [6.07, 6.45) is 1.17. The number of carbonyl (C=O) groups is 1. The molecule has 2 heterocycles. The number of likely N-dealkylation sites (tertiary alicyclic amines) is 1. The van der Waals surface area contributed by atoms with E-state index in [0.29, 0.717) is 0 Å². The number of methoxy groups -OCH3 is 1. The van der Waals surface area contributed by atoms with Crippen LogP contribution in [0.2, 0.25) is 0 Å².